The Bertz CT molecular complexity index is 1050. The molecule has 1 aliphatic heterocycles. The fraction of sp³-hybridized carbons (Fsp3) is 0.200. The number of nitrogens with zero attached hydrogens (tertiary/aromatic N) is 3. The number of benzene rings is 2. The van der Waals surface area contributed by atoms with E-state index in [0.29, 0.717) is 23.1 Å². The summed E-state index contributed by atoms with van der Waals surface area (Å²) >= 11 is 0. The summed E-state index contributed by atoms with van der Waals surface area (Å²) in [7, 11) is 0. The molecule has 0 saturated carbocycles. The summed E-state index contributed by atoms with van der Waals surface area (Å²) in [5, 5.41) is 6.55. The van der Waals surface area contributed by atoms with Crippen LogP contribution in [0, 0.1) is 18.7 Å². The second kappa shape index (κ2) is 7.22. The molecular formula is C20H17FN4O3. The maximum Gasteiger partial charge on any atom is 0.229 e. The third kappa shape index (κ3) is 3.62. The molecule has 2 heterocycles. The second-order valence-electron chi connectivity index (χ2n) is 6.59. The second-order valence-corrected chi connectivity index (χ2v) is 6.59. The SMILES string of the molecule is Cc1nc(-c2cccc(N3CC(C(=O)Nc4cccc(F)c4)CC3=O)c2)no1. The van der Waals surface area contributed by atoms with Gasteiger partial charge in [-0.3, -0.25) is 9.59 Å². The van der Waals surface area contributed by atoms with Crippen LogP contribution in [0.4, 0.5) is 15.8 Å². The van der Waals surface area contributed by atoms with Crippen LogP contribution in [-0.4, -0.2) is 28.5 Å². The van der Waals surface area contributed by atoms with Crippen molar-refractivity contribution in [2.24, 2.45) is 5.92 Å². The maximum absolute atomic E-state index is 13.3. The molecule has 1 atom stereocenters. The van der Waals surface area contributed by atoms with Gasteiger partial charge in [0.05, 0.1) is 5.92 Å². The molecule has 7 nitrogen and oxygen atoms in total. The van der Waals surface area contributed by atoms with Crippen molar-refractivity contribution >= 4 is 23.2 Å². The molecule has 1 aromatic heterocycles. The highest BCUT2D eigenvalue weighted by Gasteiger charge is 2.35. The van der Waals surface area contributed by atoms with E-state index in [9.17, 15) is 14.0 Å². The van der Waals surface area contributed by atoms with Gasteiger partial charge in [-0.25, -0.2) is 4.39 Å². The summed E-state index contributed by atoms with van der Waals surface area (Å²) in [4.78, 5) is 30.7. The first kappa shape index (κ1) is 17.8. The summed E-state index contributed by atoms with van der Waals surface area (Å²) in [6.07, 6.45) is 0.0900. The minimum Gasteiger partial charge on any atom is -0.339 e. The number of carbonyl (C=O) groups excluding carboxylic acids is 2. The highest BCUT2D eigenvalue weighted by atomic mass is 19.1. The zero-order chi connectivity index (χ0) is 19.7. The molecule has 2 amide bonds. The van der Waals surface area contributed by atoms with Crippen LogP contribution in [0.3, 0.4) is 0 Å². The van der Waals surface area contributed by atoms with Gasteiger partial charge in [0.2, 0.25) is 23.5 Å². The lowest BCUT2D eigenvalue weighted by atomic mass is 10.1. The number of hydrogen-bond donors (Lipinski definition) is 1. The van der Waals surface area contributed by atoms with Crippen LogP contribution in [0.5, 0.6) is 0 Å². The Morgan fingerprint density at radius 1 is 1.25 bits per heavy atom. The number of carbonyl (C=O) groups is 2. The van der Waals surface area contributed by atoms with Crippen molar-refractivity contribution in [1.29, 1.82) is 0 Å². The van der Waals surface area contributed by atoms with Gasteiger partial charge >= 0.3 is 0 Å². The van der Waals surface area contributed by atoms with E-state index in [0.717, 1.165) is 5.56 Å². The standard InChI is InChI=1S/C20H17FN4O3/c1-12-22-19(24-28-12)13-4-2-7-17(8-13)25-11-14(9-18(25)26)20(27)23-16-6-3-5-15(21)10-16/h2-8,10,14H,9,11H2,1H3,(H,23,27). The molecule has 1 unspecified atom stereocenters. The van der Waals surface area contributed by atoms with Crippen LogP contribution in [0.25, 0.3) is 11.4 Å². The molecular weight excluding hydrogens is 363 g/mol. The van der Waals surface area contributed by atoms with Crippen molar-refractivity contribution in [2.45, 2.75) is 13.3 Å². The van der Waals surface area contributed by atoms with E-state index in [4.69, 9.17) is 4.52 Å². The maximum atomic E-state index is 13.3. The largest absolute Gasteiger partial charge is 0.339 e. The third-order valence-corrected chi connectivity index (χ3v) is 4.53. The van der Waals surface area contributed by atoms with Gasteiger partial charge in [0, 0.05) is 36.8 Å². The van der Waals surface area contributed by atoms with Gasteiger partial charge in [0.25, 0.3) is 0 Å². The van der Waals surface area contributed by atoms with Crippen LogP contribution < -0.4 is 10.2 Å². The lowest BCUT2D eigenvalue weighted by molar-refractivity contribution is -0.122. The minimum atomic E-state index is -0.521. The summed E-state index contributed by atoms with van der Waals surface area (Å²) in [5.41, 5.74) is 1.74. The molecule has 0 aliphatic carbocycles. The van der Waals surface area contributed by atoms with Gasteiger partial charge < -0.3 is 14.7 Å². The summed E-state index contributed by atoms with van der Waals surface area (Å²) in [6, 6.07) is 12.9. The molecule has 8 heteroatoms. The first-order valence-corrected chi connectivity index (χ1v) is 8.77. The van der Waals surface area contributed by atoms with Crippen LogP contribution in [0.1, 0.15) is 12.3 Å². The Kier molecular flexibility index (Phi) is 4.60. The van der Waals surface area contributed by atoms with Crippen LogP contribution >= 0.6 is 0 Å². The first-order valence-electron chi connectivity index (χ1n) is 8.77. The van der Waals surface area contributed by atoms with Crippen molar-refractivity contribution in [3.05, 3.63) is 60.2 Å². The Morgan fingerprint density at radius 2 is 2.07 bits per heavy atom. The van der Waals surface area contributed by atoms with E-state index in [1.54, 1.807) is 36.1 Å². The van der Waals surface area contributed by atoms with Gasteiger partial charge in [-0.2, -0.15) is 4.98 Å². The molecule has 28 heavy (non-hydrogen) atoms. The Labute approximate surface area is 160 Å². The average molecular weight is 380 g/mol. The molecule has 4 rings (SSSR count). The van der Waals surface area contributed by atoms with E-state index < -0.39 is 11.7 Å². The van der Waals surface area contributed by atoms with Crippen molar-refractivity contribution in [1.82, 2.24) is 10.1 Å². The molecule has 1 N–H and O–H groups in total. The van der Waals surface area contributed by atoms with Crippen molar-refractivity contribution in [2.75, 3.05) is 16.8 Å². The molecule has 142 valence electrons. The fourth-order valence-corrected chi connectivity index (χ4v) is 3.17. The topological polar surface area (TPSA) is 88.3 Å². The average Bonchev–Trinajstić information content (AvgIpc) is 3.28. The molecule has 0 radical (unpaired) electrons. The zero-order valence-corrected chi connectivity index (χ0v) is 15.1. The smallest absolute Gasteiger partial charge is 0.229 e. The van der Waals surface area contributed by atoms with Crippen molar-refractivity contribution in [3.63, 3.8) is 0 Å². The lowest BCUT2D eigenvalue weighted by Gasteiger charge is -2.17. The van der Waals surface area contributed by atoms with Gasteiger partial charge in [-0.05, 0) is 30.3 Å². The van der Waals surface area contributed by atoms with E-state index in [2.05, 4.69) is 15.5 Å². The van der Waals surface area contributed by atoms with Gasteiger partial charge in [0.1, 0.15) is 5.82 Å². The number of aromatic nitrogens is 2. The van der Waals surface area contributed by atoms with Crippen LogP contribution in [-0.2, 0) is 9.59 Å². The number of aryl methyl sites for hydroxylation is 1. The number of rotatable bonds is 4. The number of amides is 2. The summed E-state index contributed by atoms with van der Waals surface area (Å²) < 4.78 is 18.3. The van der Waals surface area contributed by atoms with Crippen molar-refractivity contribution in [3.8, 4) is 11.4 Å². The molecule has 1 saturated heterocycles. The molecule has 1 fully saturated rings. The highest BCUT2D eigenvalue weighted by Crippen LogP contribution is 2.29. The molecule has 2 aromatic carbocycles. The minimum absolute atomic E-state index is 0.0900. The Balaban J connectivity index is 1.50. The lowest BCUT2D eigenvalue weighted by Crippen LogP contribution is -2.28. The Hall–Kier alpha value is -3.55. The van der Waals surface area contributed by atoms with E-state index in [-0.39, 0.29) is 24.8 Å². The summed E-state index contributed by atoms with van der Waals surface area (Å²) in [6.45, 7) is 1.95. The first-order chi connectivity index (χ1) is 13.5. The predicted octanol–water partition coefficient (Wildman–Crippen LogP) is 3.18. The Morgan fingerprint density at radius 3 is 2.82 bits per heavy atom. The number of nitrogens with one attached hydrogen (secondary N) is 1. The zero-order valence-electron chi connectivity index (χ0n) is 15.1. The van der Waals surface area contributed by atoms with Crippen molar-refractivity contribution < 1.29 is 18.5 Å². The summed E-state index contributed by atoms with van der Waals surface area (Å²) in [5.74, 6) is -0.535. The van der Waals surface area contributed by atoms with Crippen LogP contribution in [0.15, 0.2) is 53.1 Å². The molecule has 1 aliphatic rings. The van der Waals surface area contributed by atoms with E-state index >= 15 is 0 Å². The fourth-order valence-electron chi connectivity index (χ4n) is 3.17. The third-order valence-electron chi connectivity index (χ3n) is 4.53. The molecule has 3 aromatic rings. The van der Waals surface area contributed by atoms with Gasteiger partial charge in [0.15, 0.2) is 0 Å². The highest BCUT2D eigenvalue weighted by molar-refractivity contribution is 6.03. The monoisotopic (exact) mass is 380 g/mol. The quantitative estimate of drug-likeness (QED) is 0.751. The number of hydrogen-bond acceptors (Lipinski definition) is 5. The molecule has 0 spiro atoms. The normalized spacial score (nSPS) is 16.4. The van der Waals surface area contributed by atoms with Gasteiger partial charge in [-0.1, -0.05) is 23.4 Å². The van der Waals surface area contributed by atoms with E-state index in [1.807, 2.05) is 6.07 Å². The van der Waals surface area contributed by atoms with E-state index in [1.165, 1.54) is 18.2 Å². The number of halogens is 1. The van der Waals surface area contributed by atoms with Gasteiger partial charge in [-0.15, -0.1) is 0 Å². The number of anilines is 2. The van der Waals surface area contributed by atoms with Crippen LogP contribution in [0.2, 0.25) is 0 Å². The molecule has 0 bridgehead atoms. The predicted molar refractivity (Wildman–Crippen MR) is 100.0 cm³/mol.